The second-order valence-corrected chi connectivity index (χ2v) is 6.88. The number of nitrogens with one attached hydrogen (secondary N) is 1. The van der Waals surface area contributed by atoms with E-state index < -0.39 is 0 Å². The van der Waals surface area contributed by atoms with E-state index >= 15 is 0 Å². The molecule has 1 saturated heterocycles. The molecule has 2 unspecified atom stereocenters. The first-order valence-electron chi connectivity index (χ1n) is 8.52. The zero-order chi connectivity index (χ0) is 16.5. The second-order valence-electron chi connectivity index (χ2n) is 6.88. The van der Waals surface area contributed by atoms with Crippen molar-refractivity contribution in [3.05, 3.63) is 70.3 Å². The zero-order valence-electron chi connectivity index (χ0n) is 13.9. The van der Waals surface area contributed by atoms with Crippen LogP contribution in [-0.4, -0.2) is 32.6 Å². The molecule has 2 aromatic heterocycles. The van der Waals surface area contributed by atoms with E-state index in [4.69, 9.17) is 0 Å². The van der Waals surface area contributed by atoms with E-state index in [-0.39, 0.29) is 5.56 Å². The van der Waals surface area contributed by atoms with Gasteiger partial charge in [-0.25, -0.2) is 9.50 Å². The van der Waals surface area contributed by atoms with Crippen LogP contribution in [-0.2, 0) is 6.54 Å². The van der Waals surface area contributed by atoms with Crippen LogP contribution >= 0.6 is 0 Å². The molecule has 2 atom stereocenters. The Morgan fingerprint density at radius 1 is 1.21 bits per heavy atom. The largest absolute Gasteiger partial charge is 0.297 e. The zero-order valence-corrected chi connectivity index (χ0v) is 13.9. The maximum Gasteiger partial charge on any atom is 0.272 e. The minimum absolute atomic E-state index is 0.0512. The van der Waals surface area contributed by atoms with Crippen LogP contribution in [0.3, 0.4) is 0 Å². The molecule has 0 amide bonds. The van der Waals surface area contributed by atoms with Crippen molar-refractivity contribution in [1.29, 1.82) is 0 Å². The summed E-state index contributed by atoms with van der Waals surface area (Å²) in [6.45, 7) is 5.10. The Labute approximate surface area is 140 Å². The molecule has 0 spiro atoms. The number of likely N-dealkylation sites (tertiary alicyclic amines) is 1. The van der Waals surface area contributed by atoms with Gasteiger partial charge in [-0.1, -0.05) is 37.3 Å². The molecule has 3 aromatic rings. The van der Waals surface area contributed by atoms with Gasteiger partial charge in [-0.3, -0.25) is 14.8 Å². The molecule has 1 aliphatic rings. The highest BCUT2D eigenvalue weighted by atomic mass is 16.1. The Hall–Kier alpha value is -2.40. The monoisotopic (exact) mass is 322 g/mol. The van der Waals surface area contributed by atoms with Gasteiger partial charge in [-0.2, -0.15) is 0 Å². The minimum Gasteiger partial charge on any atom is -0.297 e. The first kappa shape index (κ1) is 15.1. The molecule has 4 rings (SSSR count). The van der Waals surface area contributed by atoms with E-state index in [0.29, 0.717) is 17.5 Å². The number of rotatable bonds is 3. The van der Waals surface area contributed by atoms with Crippen LogP contribution in [0.2, 0.25) is 0 Å². The standard InChI is InChI=1S/C19H22N4O/c1-14-9-16(15-5-3-2-4-6-15)12-22(11-14)13-17-10-19(24)23-18(21-17)7-8-20-23/h2-8,10,14,16,20H,9,11-13H2,1H3. The molecule has 0 aliphatic carbocycles. The SMILES string of the molecule is CC1CC(c2ccccc2)CN(Cc2cc(=O)n3[nH]ccc3n2)C1. The van der Waals surface area contributed by atoms with Crippen molar-refractivity contribution in [3.8, 4) is 0 Å². The third-order valence-electron chi connectivity index (χ3n) is 4.83. The molecule has 5 heteroatoms. The summed E-state index contributed by atoms with van der Waals surface area (Å²) < 4.78 is 1.47. The molecule has 124 valence electrons. The summed E-state index contributed by atoms with van der Waals surface area (Å²) in [5.74, 6) is 1.19. The number of benzene rings is 1. The number of aromatic nitrogens is 3. The summed E-state index contributed by atoms with van der Waals surface area (Å²) in [7, 11) is 0. The molecule has 1 N–H and O–H groups in total. The lowest BCUT2D eigenvalue weighted by atomic mass is 9.85. The molecule has 0 saturated carbocycles. The van der Waals surface area contributed by atoms with E-state index in [1.165, 1.54) is 16.5 Å². The van der Waals surface area contributed by atoms with Crippen molar-refractivity contribution in [1.82, 2.24) is 19.5 Å². The van der Waals surface area contributed by atoms with Crippen LogP contribution in [0.1, 0.15) is 30.5 Å². The van der Waals surface area contributed by atoms with E-state index in [0.717, 1.165) is 25.3 Å². The number of fused-ring (bicyclic) bond motifs is 1. The highest BCUT2D eigenvalue weighted by Crippen LogP contribution is 2.30. The fraction of sp³-hybridized carbons (Fsp3) is 0.368. The van der Waals surface area contributed by atoms with E-state index in [9.17, 15) is 4.79 Å². The van der Waals surface area contributed by atoms with Crippen LogP contribution in [0.15, 0.2) is 53.5 Å². The topological polar surface area (TPSA) is 53.4 Å². The van der Waals surface area contributed by atoms with Gasteiger partial charge in [-0.05, 0) is 23.8 Å². The average Bonchev–Trinajstić information content (AvgIpc) is 3.04. The van der Waals surface area contributed by atoms with Gasteiger partial charge in [0.15, 0.2) is 5.65 Å². The van der Waals surface area contributed by atoms with Gasteiger partial charge in [0.25, 0.3) is 5.56 Å². The van der Waals surface area contributed by atoms with Crippen LogP contribution in [0.25, 0.3) is 5.65 Å². The molecule has 0 bridgehead atoms. The van der Waals surface area contributed by atoms with Crippen LogP contribution in [0, 0.1) is 5.92 Å². The minimum atomic E-state index is -0.0512. The van der Waals surface area contributed by atoms with Crippen LogP contribution < -0.4 is 5.56 Å². The summed E-state index contributed by atoms with van der Waals surface area (Å²) in [6.07, 6.45) is 2.95. The number of H-pyrrole nitrogens is 1. The highest BCUT2D eigenvalue weighted by molar-refractivity contribution is 5.36. The van der Waals surface area contributed by atoms with Crippen molar-refractivity contribution >= 4 is 5.65 Å². The first-order valence-corrected chi connectivity index (χ1v) is 8.52. The van der Waals surface area contributed by atoms with Crippen LogP contribution in [0.4, 0.5) is 0 Å². The molecule has 1 fully saturated rings. The predicted molar refractivity (Wildman–Crippen MR) is 94.1 cm³/mol. The first-order chi connectivity index (χ1) is 11.7. The molecular weight excluding hydrogens is 300 g/mol. The second kappa shape index (κ2) is 6.24. The molecule has 3 heterocycles. The van der Waals surface area contributed by atoms with Gasteiger partial charge in [-0.15, -0.1) is 0 Å². The van der Waals surface area contributed by atoms with Gasteiger partial charge in [0.2, 0.25) is 0 Å². The lowest BCUT2D eigenvalue weighted by Crippen LogP contribution is -2.38. The van der Waals surface area contributed by atoms with Gasteiger partial charge >= 0.3 is 0 Å². The fourth-order valence-corrected chi connectivity index (χ4v) is 3.84. The van der Waals surface area contributed by atoms with Crippen molar-refractivity contribution in [3.63, 3.8) is 0 Å². The molecule has 1 aliphatic heterocycles. The van der Waals surface area contributed by atoms with E-state index in [1.807, 2.05) is 6.07 Å². The van der Waals surface area contributed by atoms with E-state index in [2.05, 4.69) is 52.2 Å². The van der Waals surface area contributed by atoms with E-state index in [1.54, 1.807) is 12.3 Å². The normalized spacial score (nSPS) is 22.0. The summed E-state index contributed by atoms with van der Waals surface area (Å²) in [5.41, 5.74) is 2.88. The number of nitrogens with zero attached hydrogens (tertiary/aromatic N) is 3. The number of hydrogen-bond acceptors (Lipinski definition) is 3. The Morgan fingerprint density at radius 2 is 2.04 bits per heavy atom. The summed E-state index contributed by atoms with van der Waals surface area (Å²) >= 11 is 0. The lowest BCUT2D eigenvalue weighted by Gasteiger charge is -2.36. The molecule has 0 radical (unpaired) electrons. The van der Waals surface area contributed by atoms with Gasteiger partial charge < -0.3 is 0 Å². The Bertz CT molecular complexity index is 883. The number of aromatic amines is 1. The predicted octanol–water partition coefficient (Wildman–Crippen LogP) is 2.65. The highest BCUT2D eigenvalue weighted by Gasteiger charge is 2.26. The Morgan fingerprint density at radius 3 is 2.88 bits per heavy atom. The average molecular weight is 322 g/mol. The molecule has 5 nitrogen and oxygen atoms in total. The smallest absolute Gasteiger partial charge is 0.272 e. The van der Waals surface area contributed by atoms with Crippen LogP contribution in [0.5, 0.6) is 0 Å². The molecular formula is C19H22N4O. The van der Waals surface area contributed by atoms with Crippen molar-refractivity contribution in [2.24, 2.45) is 5.92 Å². The number of piperidine rings is 1. The van der Waals surface area contributed by atoms with Crippen molar-refractivity contribution in [2.45, 2.75) is 25.8 Å². The molecule has 24 heavy (non-hydrogen) atoms. The summed E-state index contributed by atoms with van der Waals surface area (Å²) in [5, 5.41) is 2.88. The van der Waals surface area contributed by atoms with Gasteiger partial charge in [0, 0.05) is 38.0 Å². The lowest BCUT2D eigenvalue weighted by molar-refractivity contribution is 0.155. The Kier molecular flexibility index (Phi) is 3.94. The quantitative estimate of drug-likeness (QED) is 0.806. The Balaban J connectivity index is 1.55. The third kappa shape index (κ3) is 2.99. The summed E-state index contributed by atoms with van der Waals surface area (Å²) in [6, 6.07) is 14.2. The maximum absolute atomic E-state index is 12.1. The molecule has 1 aromatic carbocycles. The van der Waals surface area contributed by atoms with Crippen molar-refractivity contribution in [2.75, 3.05) is 13.1 Å². The fourth-order valence-electron chi connectivity index (χ4n) is 3.84. The van der Waals surface area contributed by atoms with Crippen molar-refractivity contribution < 1.29 is 0 Å². The van der Waals surface area contributed by atoms with Gasteiger partial charge in [0.1, 0.15) is 0 Å². The third-order valence-corrected chi connectivity index (χ3v) is 4.83. The number of hydrogen-bond donors (Lipinski definition) is 1. The summed E-state index contributed by atoms with van der Waals surface area (Å²) in [4.78, 5) is 19.2. The maximum atomic E-state index is 12.1. The van der Waals surface area contributed by atoms with Gasteiger partial charge in [0.05, 0.1) is 5.69 Å².